The lowest BCUT2D eigenvalue weighted by atomic mass is 10.3. The van der Waals surface area contributed by atoms with Gasteiger partial charge in [0.15, 0.2) is 5.69 Å². The molecule has 19 heavy (non-hydrogen) atoms. The minimum Gasteiger partial charge on any atom is -0.461 e. The second kappa shape index (κ2) is 8.53. The number of carbonyl (C=O) groups is 1. The van der Waals surface area contributed by atoms with Crippen molar-refractivity contribution in [3.63, 3.8) is 0 Å². The Bertz CT molecular complexity index is 376. The van der Waals surface area contributed by atoms with Crippen LogP contribution in [-0.4, -0.2) is 36.8 Å². The van der Waals surface area contributed by atoms with Crippen LogP contribution < -0.4 is 5.32 Å². The molecule has 6 nitrogen and oxygen atoms in total. The molecule has 0 saturated heterocycles. The van der Waals surface area contributed by atoms with Crippen molar-refractivity contribution in [1.82, 2.24) is 4.98 Å². The van der Waals surface area contributed by atoms with Gasteiger partial charge in [-0.1, -0.05) is 0 Å². The lowest BCUT2D eigenvalue weighted by Crippen LogP contribution is -2.08. The molecule has 0 spiro atoms. The number of hydrogen-bond acceptors (Lipinski definition) is 6. The van der Waals surface area contributed by atoms with E-state index in [1.807, 2.05) is 13.8 Å². The summed E-state index contributed by atoms with van der Waals surface area (Å²) in [5.74, 6) is -0.468. The number of nitrogens with zero attached hydrogens (tertiary/aromatic N) is 1. The Morgan fingerprint density at radius 1 is 1.47 bits per heavy atom. The summed E-state index contributed by atoms with van der Waals surface area (Å²) in [4.78, 5) is 15.3. The first-order chi connectivity index (χ1) is 9.13. The number of carbonyl (C=O) groups excluding carboxylic acids is 1. The zero-order valence-electron chi connectivity index (χ0n) is 11.8. The van der Waals surface area contributed by atoms with Crippen molar-refractivity contribution in [3.05, 3.63) is 12.0 Å². The Morgan fingerprint density at radius 2 is 2.26 bits per heavy atom. The van der Waals surface area contributed by atoms with Crippen LogP contribution in [0.1, 0.15) is 44.1 Å². The third-order valence-electron chi connectivity index (χ3n) is 2.29. The highest BCUT2D eigenvalue weighted by Crippen LogP contribution is 2.08. The highest BCUT2D eigenvalue weighted by Gasteiger charge is 2.12. The molecule has 0 atom stereocenters. The summed E-state index contributed by atoms with van der Waals surface area (Å²) < 4.78 is 15.4. The topological polar surface area (TPSA) is 73.6 Å². The minimum atomic E-state index is -0.468. The van der Waals surface area contributed by atoms with Gasteiger partial charge < -0.3 is 19.2 Å². The first-order valence-electron chi connectivity index (χ1n) is 6.61. The highest BCUT2D eigenvalue weighted by molar-refractivity contribution is 5.87. The van der Waals surface area contributed by atoms with Gasteiger partial charge in [0.1, 0.15) is 6.26 Å². The van der Waals surface area contributed by atoms with Gasteiger partial charge in [0.05, 0.1) is 12.7 Å². The fraction of sp³-hybridized carbons (Fsp3) is 0.692. The SMILES string of the molecule is CCOC(=O)c1coc(NCCCCOC(C)C)n1. The van der Waals surface area contributed by atoms with Gasteiger partial charge in [-0.2, -0.15) is 4.98 Å². The van der Waals surface area contributed by atoms with E-state index >= 15 is 0 Å². The monoisotopic (exact) mass is 270 g/mol. The number of hydrogen-bond donors (Lipinski definition) is 1. The van der Waals surface area contributed by atoms with Crippen molar-refractivity contribution in [2.75, 3.05) is 25.1 Å². The second-order valence-electron chi connectivity index (χ2n) is 4.31. The number of nitrogens with one attached hydrogen (secondary N) is 1. The van der Waals surface area contributed by atoms with Crippen molar-refractivity contribution in [2.24, 2.45) is 0 Å². The molecule has 0 aliphatic heterocycles. The third kappa shape index (κ3) is 6.24. The molecule has 0 unspecified atom stereocenters. The Morgan fingerprint density at radius 3 is 2.95 bits per heavy atom. The molecule has 0 radical (unpaired) electrons. The van der Waals surface area contributed by atoms with Crippen LogP contribution in [0.5, 0.6) is 0 Å². The van der Waals surface area contributed by atoms with E-state index in [1.54, 1.807) is 6.92 Å². The molecule has 1 aromatic rings. The lowest BCUT2D eigenvalue weighted by molar-refractivity contribution is 0.0519. The van der Waals surface area contributed by atoms with Crippen LogP contribution in [-0.2, 0) is 9.47 Å². The Kier molecular flexibility index (Phi) is 6.95. The predicted molar refractivity (Wildman–Crippen MR) is 71.3 cm³/mol. The standard InChI is InChI=1S/C13H22N2O4/c1-4-17-12(16)11-9-19-13(15-11)14-7-5-6-8-18-10(2)3/h9-10H,4-8H2,1-3H3,(H,14,15). The zero-order chi connectivity index (χ0) is 14.1. The van der Waals surface area contributed by atoms with Crippen LogP contribution in [0.3, 0.4) is 0 Å². The lowest BCUT2D eigenvalue weighted by Gasteiger charge is -2.06. The van der Waals surface area contributed by atoms with E-state index in [1.165, 1.54) is 6.26 Å². The van der Waals surface area contributed by atoms with E-state index in [2.05, 4.69) is 10.3 Å². The number of anilines is 1. The van der Waals surface area contributed by atoms with E-state index in [4.69, 9.17) is 13.9 Å². The minimum absolute atomic E-state index is 0.187. The van der Waals surface area contributed by atoms with E-state index < -0.39 is 5.97 Å². The molecule has 0 amide bonds. The highest BCUT2D eigenvalue weighted by atomic mass is 16.5. The van der Waals surface area contributed by atoms with Crippen molar-refractivity contribution in [1.29, 1.82) is 0 Å². The molecule has 0 aromatic carbocycles. The molecule has 1 rings (SSSR count). The maximum absolute atomic E-state index is 11.3. The van der Waals surface area contributed by atoms with E-state index in [0.717, 1.165) is 26.0 Å². The molecule has 0 aliphatic carbocycles. The van der Waals surface area contributed by atoms with Crippen LogP contribution >= 0.6 is 0 Å². The predicted octanol–water partition coefficient (Wildman–Crippen LogP) is 2.47. The number of unbranched alkanes of at least 4 members (excludes halogenated alkanes) is 1. The summed E-state index contributed by atoms with van der Waals surface area (Å²) in [6, 6.07) is 0.341. The summed E-state index contributed by atoms with van der Waals surface area (Å²) >= 11 is 0. The maximum Gasteiger partial charge on any atom is 0.360 e. The van der Waals surface area contributed by atoms with Gasteiger partial charge in [-0.25, -0.2) is 4.79 Å². The molecule has 0 fully saturated rings. The average molecular weight is 270 g/mol. The normalized spacial score (nSPS) is 10.7. The van der Waals surface area contributed by atoms with Crippen LogP contribution in [0.15, 0.2) is 10.7 Å². The number of oxazole rings is 1. The van der Waals surface area contributed by atoms with Crippen molar-refractivity contribution in [3.8, 4) is 0 Å². The summed E-state index contributed by atoms with van der Waals surface area (Å²) in [5.41, 5.74) is 0.187. The van der Waals surface area contributed by atoms with Gasteiger partial charge in [0.2, 0.25) is 0 Å². The molecule has 1 heterocycles. The number of ether oxygens (including phenoxy) is 2. The van der Waals surface area contributed by atoms with E-state index in [-0.39, 0.29) is 11.8 Å². The molecule has 0 saturated carbocycles. The largest absolute Gasteiger partial charge is 0.461 e. The molecule has 1 aromatic heterocycles. The molecular formula is C13H22N2O4. The van der Waals surface area contributed by atoms with Gasteiger partial charge in [-0.3, -0.25) is 0 Å². The number of esters is 1. The molecule has 108 valence electrons. The smallest absolute Gasteiger partial charge is 0.360 e. The van der Waals surface area contributed by atoms with Gasteiger partial charge in [-0.15, -0.1) is 0 Å². The zero-order valence-corrected chi connectivity index (χ0v) is 11.8. The first kappa shape index (κ1) is 15.5. The fourth-order valence-electron chi connectivity index (χ4n) is 1.40. The van der Waals surface area contributed by atoms with Gasteiger partial charge in [0, 0.05) is 13.2 Å². The van der Waals surface area contributed by atoms with Gasteiger partial charge in [-0.05, 0) is 33.6 Å². The molecule has 0 bridgehead atoms. The van der Waals surface area contributed by atoms with Gasteiger partial charge in [0.25, 0.3) is 6.01 Å². The van der Waals surface area contributed by atoms with Crippen LogP contribution in [0.2, 0.25) is 0 Å². The maximum atomic E-state index is 11.3. The molecule has 1 N–H and O–H groups in total. The Hall–Kier alpha value is -1.56. The van der Waals surface area contributed by atoms with Crippen molar-refractivity contribution >= 4 is 12.0 Å². The first-order valence-corrected chi connectivity index (χ1v) is 6.61. The van der Waals surface area contributed by atoms with Crippen LogP contribution in [0.4, 0.5) is 6.01 Å². The number of rotatable bonds is 9. The van der Waals surface area contributed by atoms with E-state index in [0.29, 0.717) is 12.6 Å². The Labute approximate surface area is 113 Å². The summed E-state index contributed by atoms with van der Waals surface area (Å²) in [6.07, 6.45) is 3.48. The van der Waals surface area contributed by atoms with Crippen molar-refractivity contribution in [2.45, 2.75) is 39.7 Å². The third-order valence-corrected chi connectivity index (χ3v) is 2.29. The second-order valence-corrected chi connectivity index (χ2v) is 4.31. The summed E-state index contributed by atoms with van der Waals surface area (Å²) in [5, 5.41) is 3.01. The molecule has 0 aliphatic rings. The average Bonchev–Trinajstić information content (AvgIpc) is 2.82. The molecule has 6 heteroatoms. The molecular weight excluding hydrogens is 248 g/mol. The van der Waals surface area contributed by atoms with Crippen LogP contribution in [0.25, 0.3) is 0 Å². The van der Waals surface area contributed by atoms with E-state index in [9.17, 15) is 4.79 Å². The summed E-state index contributed by atoms with van der Waals surface area (Å²) in [6.45, 7) is 7.58. The van der Waals surface area contributed by atoms with Crippen LogP contribution in [0, 0.1) is 0 Å². The summed E-state index contributed by atoms with van der Waals surface area (Å²) in [7, 11) is 0. The fourth-order valence-corrected chi connectivity index (χ4v) is 1.40. The Balaban J connectivity index is 2.18. The number of aromatic nitrogens is 1. The van der Waals surface area contributed by atoms with Gasteiger partial charge >= 0.3 is 5.97 Å². The van der Waals surface area contributed by atoms with Crippen molar-refractivity contribution < 1.29 is 18.7 Å². The quantitative estimate of drug-likeness (QED) is 0.549.